The van der Waals surface area contributed by atoms with Gasteiger partial charge in [-0.25, -0.2) is 13.1 Å². The Bertz CT molecular complexity index is 751. The Morgan fingerprint density at radius 3 is 2.45 bits per heavy atom. The van der Waals surface area contributed by atoms with Crippen molar-refractivity contribution in [2.75, 3.05) is 0 Å². The van der Waals surface area contributed by atoms with Crippen LogP contribution in [-0.4, -0.2) is 19.2 Å². The first kappa shape index (κ1) is 17.8. The lowest BCUT2D eigenvalue weighted by molar-refractivity contribution is -0.385. The van der Waals surface area contributed by atoms with Crippen molar-refractivity contribution in [1.29, 1.82) is 0 Å². The summed E-state index contributed by atoms with van der Waals surface area (Å²) in [6.45, 7) is 6.43. The molecule has 0 aliphatic rings. The molecule has 120 valence electrons. The Kier molecular flexibility index (Phi) is 5.43. The number of benzene rings is 1. The molecule has 0 aliphatic carbocycles. The zero-order chi connectivity index (χ0) is 17.1. The lowest BCUT2D eigenvalue weighted by Gasteiger charge is -2.09. The van der Waals surface area contributed by atoms with E-state index in [4.69, 9.17) is 0 Å². The summed E-state index contributed by atoms with van der Waals surface area (Å²) in [5, 5.41) is 11.0. The fourth-order valence-corrected chi connectivity index (χ4v) is 2.94. The van der Waals surface area contributed by atoms with E-state index >= 15 is 0 Å². The zero-order valence-electron chi connectivity index (χ0n) is 12.8. The number of nitro benzene ring substituents is 1. The molecule has 1 amide bonds. The Labute approximate surface area is 129 Å². The minimum atomic E-state index is -4.16. The number of sulfonamides is 1. The summed E-state index contributed by atoms with van der Waals surface area (Å²) < 4.78 is 26.3. The Morgan fingerprint density at radius 2 is 1.95 bits per heavy atom. The number of hydrogen-bond donors (Lipinski definition) is 1. The predicted octanol–water partition coefficient (Wildman–Crippen LogP) is 2.37. The molecule has 0 aliphatic heterocycles. The number of nitro groups is 1. The number of hydrogen-bond acceptors (Lipinski definition) is 5. The number of nitrogens with one attached hydrogen (secondary N) is 1. The van der Waals surface area contributed by atoms with Gasteiger partial charge in [-0.1, -0.05) is 13.0 Å². The normalized spacial score (nSPS) is 12.1. The van der Waals surface area contributed by atoms with E-state index in [0.717, 1.165) is 6.07 Å². The molecule has 0 aromatic heterocycles. The summed E-state index contributed by atoms with van der Waals surface area (Å²) in [6.07, 6.45) is 2.18. The van der Waals surface area contributed by atoms with E-state index < -0.39 is 20.9 Å². The first-order valence-corrected chi connectivity index (χ1v) is 8.08. The van der Waals surface area contributed by atoms with Crippen molar-refractivity contribution in [3.63, 3.8) is 0 Å². The number of carbonyl (C=O) groups is 1. The van der Waals surface area contributed by atoms with E-state index in [1.807, 2.05) is 11.6 Å². The number of carbonyl (C=O) groups excluding carboxylic acids is 1. The van der Waals surface area contributed by atoms with Crippen LogP contribution >= 0.6 is 0 Å². The van der Waals surface area contributed by atoms with Gasteiger partial charge in [-0.05, 0) is 38.8 Å². The van der Waals surface area contributed by atoms with Gasteiger partial charge in [0.25, 0.3) is 21.6 Å². The van der Waals surface area contributed by atoms with Crippen LogP contribution in [-0.2, 0) is 14.8 Å². The second-order valence-corrected chi connectivity index (χ2v) is 6.55. The van der Waals surface area contributed by atoms with E-state index in [9.17, 15) is 23.3 Å². The van der Waals surface area contributed by atoms with Crippen molar-refractivity contribution in [2.45, 2.75) is 39.0 Å². The van der Waals surface area contributed by atoms with Gasteiger partial charge < -0.3 is 0 Å². The number of nitrogens with zero attached hydrogens (tertiary/aromatic N) is 1. The molecule has 1 aromatic rings. The third-order valence-corrected chi connectivity index (χ3v) is 4.53. The smallest absolute Gasteiger partial charge is 0.269 e. The van der Waals surface area contributed by atoms with E-state index in [0.29, 0.717) is 17.5 Å². The third kappa shape index (κ3) is 3.91. The summed E-state index contributed by atoms with van der Waals surface area (Å²) in [5.74, 6) is -0.747. The molecule has 0 saturated heterocycles. The average Bonchev–Trinajstić information content (AvgIpc) is 2.40. The third-order valence-electron chi connectivity index (χ3n) is 3.22. The number of allylic oxidation sites excluding steroid dienone is 1. The summed E-state index contributed by atoms with van der Waals surface area (Å²) in [7, 11) is -4.16. The number of aryl methyl sites for hydroxylation is 1. The van der Waals surface area contributed by atoms with Crippen molar-refractivity contribution in [3.8, 4) is 0 Å². The largest absolute Gasteiger partial charge is 0.273 e. The van der Waals surface area contributed by atoms with Crippen molar-refractivity contribution >= 4 is 21.6 Å². The number of rotatable bonds is 5. The molecule has 1 rings (SSSR count). The van der Waals surface area contributed by atoms with Gasteiger partial charge in [-0.15, -0.1) is 0 Å². The summed E-state index contributed by atoms with van der Waals surface area (Å²) in [5.41, 5.74) is 0.818. The summed E-state index contributed by atoms with van der Waals surface area (Å²) in [4.78, 5) is 21.8. The molecule has 0 unspecified atom stereocenters. The van der Waals surface area contributed by atoms with Crippen LogP contribution in [0.5, 0.6) is 0 Å². The van der Waals surface area contributed by atoms with Crippen LogP contribution in [0.4, 0.5) is 5.69 Å². The molecule has 0 fully saturated rings. The quantitative estimate of drug-likeness (QED) is 0.508. The van der Waals surface area contributed by atoms with Crippen molar-refractivity contribution in [2.24, 2.45) is 0 Å². The van der Waals surface area contributed by atoms with E-state index in [2.05, 4.69) is 0 Å². The molecule has 7 nitrogen and oxygen atoms in total. The monoisotopic (exact) mass is 326 g/mol. The molecule has 1 aromatic carbocycles. The van der Waals surface area contributed by atoms with Crippen LogP contribution in [0.1, 0.15) is 31.4 Å². The maximum atomic E-state index is 12.2. The van der Waals surface area contributed by atoms with Gasteiger partial charge in [0.1, 0.15) is 0 Å². The minimum Gasteiger partial charge on any atom is -0.269 e. The Hall–Kier alpha value is -2.22. The van der Waals surface area contributed by atoms with Gasteiger partial charge in [0.15, 0.2) is 0 Å². The maximum Gasteiger partial charge on any atom is 0.273 e. The topological polar surface area (TPSA) is 106 Å². The molecule has 0 spiro atoms. The second kappa shape index (κ2) is 6.69. The van der Waals surface area contributed by atoms with E-state index in [-0.39, 0.29) is 16.2 Å². The highest BCUT2D eigenvalue weighted by molar-refractivity contribution is 7.90. The van der Waals surface area contributed by atoms with Crippen LogP contribution in [0, 0.1) is 24.0 Å². The Morgan fingerprint density at radius 1 is 1.36 bits per heavy atom. The highest BCUT2D eigenvalue weighted by Crippen LogP contribution is 2.25. The van der Waals surface area contributed by atoms with Crippen molar-refractivity contribution < 1.29 is 18.1 Å². The van der Waals surface area contributed by atoms with Gasteiger partial charge in [0.05, 0.1) is 9.82 Å². The van der Waals surface area contributed by atoms with Gasteiger partial charge >= 0.3 is 0 Å². The summed E-state index contributed by atoms with van der Waals surface area (Å²) in [6, 6.07) is 2.26. The molecule has 0 atom stereocenters. The lowest BCUT2D eigenvalue weighted by atomic mass is 10.1. The second-order valence-electron chi connectivity index (χ2n) is 4.87. The highest BCUT2D eigenvalue weighted by atomic mass is 32.2. The molecular formula is C14H18N2O5S. The van der Waals surface area contributed by atoms with Crippen LogP contribution in [0.15, 0.2) is 28.7 Å². The predicted molar refractivity (Wildman–Crippen MR) is 81.9 cm³/mol. The van der Waals surface area contributed by atoms with E-state index in [1.165, 1.54) is 19.9 Å². The fourth-order valence-electron chi connectivity index (χ4n) is 1.81. The SMILES string of the molecule is CC/C=C(\C)C(=O)NS(=O)(=O)c1cc(C)c(C)c([N+](=O)[O-])c1. The molecule has 22 heavy (non-hydrogen) atoms. The molecule has 0 saturated carbocycles. The van der Waals surface area contributed by atoms with Crippen LogP contribution in [0.2, 0.25) is 0 Å². The maximum absolute atomic E-state index is 12.2. The molecule has 0 heterocycles. The van der Waals surface area contributed by atoms with Crippen LogP contribution in [0.3, 0.4) is 0 Å². The van der Waals surface area contributed by atoms with Gasteiger partial charge in [0, 0.05) is 17.2 Å². The zero-order valence-corrected chi connectivity index (χ0v) is 13.7. The van der Waals surface area contributed by atoms with Crippen molar-refractivity contribution in [3.05, 3.63) is 45.0 Å². The van der Waals surface area contributed by atoms with Crippen LogP contribution < -0.4 is 4.72 Å². The minimum absolute atomic E-state index is 0.268. The first-order chi connectivity index (χ1) is 10.1. The molecule has 8 heteroatoms. The lowest BCUT2D eigenvalue weighted by Crippen LogP contribution is -2.31. The van der Waals surface area contributed by atoms with E-state index in [1.54, 1.807) is 13.0 Å². The molecule has 1 N–H and O–H groups in total. The average molecular weight is 326 g/mol. The highest BCUT2D eigenvalue weighted by Gasteiger charge is 2.23. The summed E-state index contributed by atoms with van der Waals surface area (Å²) >= 11 is 0. The Balaban J connectivity index is 3.27. The van der Waals surface area contributed by atoms with Gasteiger partial charge in [-0.2, -0.15) is 0 Å². The van der Waals surface area contributed by atoms with Gasteiger partial charge in [-0.3, -0.25) is 14.9 Å². The molecular weight excluding hydrogens is 308 g/mol. The molecule has 0 bridgehead atoms. The van der Waals surface area contributed by atoms with Gasteiger partial charge in [0.2, 0.25) is 0 Å². The standard InChI is InChI=1S/C14H18N2O5S/c1-5-6-9(2)14(17)15-22(20,21)12-7-10(3)11(4)13(8-12)16(18)19/h6-8H,5H2,1-4H3,(H,15,17)/b9-6+. The van der Waals surface area contributed by atoms with Crippen LogP contribution in [0.25, 0.3) is 0 Å². The molecule has 0 radical (unpaired) electrons. The fraction of sp³-hybridized carbons (Fsp3) is 0.357. The number of amides is 1. The van der Waals surface area contributed by atoms with Crippen molar-refractivity contribution in [1.82, 2.24) is 4.72 Å². The first-order valence-electron chi connectivity index (χ1n) is 6.59.